The summed E-state index contributed by atoms with van der Waals surface area (Å²) in [6.45, 7) is 1.58. The van der Waals surface area contributed by atoms with E-state index in [1.54, 1.807) is 0 Å². The zero-order valence-electron chi connectivity index (χ0n) is 11.4. The highest BCUT2D eigenvalue weighted by atomic mass is 35.5. The Bertz CT molecular complexity index is 603. The van der Waals surface area contributed by atoms with Crippen molar-refractivity contribution in [2.24, 2.45) is 10.7 Å². The molecular weight excluding hydrogens is 268 g/mol. The van der Waals surface area contributed by atoms with Crippen LogP contribution in [0.3, 0.4) is 0 Å². The van der Waals surface area contributed by atoms with Crippen LogP contribution in [-0.2, 0) is 12.8 Å². The fourth-order valence-electron chi connectivity index (χ4n) is 2.59. The van der Waals surface area contributed by atoms with E-state index in [1.807, 2.05) is 0 Å². The first-order valence-electron chi connectivity index (χ1n) is 6.80. The number of hydrogen-bond acceptors (Lipinski definition) is 2. The maximum atomic E-state index is 5.58. The van der Waals surface area contributed by atoms with Gasteiger partial charge in [-0.15, -0.1) is 12.4 Å². The molecule has 2 aromatic carbocycles. The Kier molecular flexibility index (Phi) is 4.94. The Morgan fingerprint density at radius 1 is 1.00 bits per heavy atom. The van der Waals surface area contributed by atoms with E-state index in [0.717, 1.165) is 25.1 Å². The summed E-state index contributed by atoms with van der Waals surface area (Å²) in [6.07, 6.45) is 1.98. The molecule has 2 nitrogen and oxygen atoms in total. The molecule has 0 saturated carbocycles. The first kappa shape index (κ1) is 14.8. The monoisotopic (exact) mass is 286 g/mol. The number of nitrogens with two attached hydrogens (primary N) is 1. The zero-order valence-corrected chi connectivity index (χ0v) is 12.2. The topological polar surface area (TPSA) is 38.4 Å². The molecular formula is C17H19ClN2. The van der Waals surface area contributed by atoms with Gasteiger partial charge >= 0.3 is 0 Å². The van der Waals surface area contributed by atoms with Crippen molar-refractivity contribution in [1.82, 2.24) is 0 Å². The van der Waals surface area contributed by atoms with Gasteiger partial charge in [-0.05, 0) is 30.5 Å². The molecule has 0 unspecified atom stereocenters. The third-order valence-electron chi connectivity index (χ3n) is 3.58. The SMILES string of the molecule is Cl.NCCc1ccc(C2=NCCc3ccccc32)cc1. The standard InChI is InChI=1S/C17H18N2.ClH/c18-11-9-13-5-7-15(8-6-13)17-16-4-2-1-3-14(16)10-12-19-17;/h1-8H,9-12,18H2;1H. The first-order valence-corrected chi connectivity index (χ1v) is 6.80. The number of benzene rings is 2. The fourth-order valence-corrected chi connectivity index (χ4v) is 2.59. The quantitative estimate of drug-likeness (QED) is 0.925. The molecule has 0 fully saturated rings. The van der Waals surface area contributed by atoms with Crippen LogP contribution in [-0.4, -0.2) is 18.8 Å². The molecule has 104 valence electrons. The molecule has 20 heavy (non-hydrogen) atoms. The van der Waals surface area contributed by atoms with E-state index >= 15 is 0 Å². The third kappa shape index (κ3) is 2.92. The van der Waals surface area contributed by atoms with Crippen LogP contribution in [0.2, 0.25) is 0 Å². The molecule has 2 N–H and O–H groups in total. The fraction of sp³-hybridized carbons (Fsp3) is 0.235. The van der Waals surface area contributed by atoms with Crippen molar-refractivity contribution in [3.05, 3.63) is 70.8 Å². The Hall–Kier alpha value is -1.64. The molecule has 0 amide bonds. The lowest BCUT2D eigenvalue weighted by molar-refractivity contribution is 0.943. The maximum absolute atomic E-state index is 5.58. The second kappa shape index (κ2) is 6.69. The van der Waals surface area contributed by atoms with E-state index in [0.29, 0.717) is 6.54 Å². The highest BCUT2D eigenvalue weighted by Crippen LogP contribution is 2.20. The number of hydrogen-bond donors (Lipinski definition) is 1. The first-order chi connectivity index (χ1) is 9.38. The number of rotatable bonds is 3. The third-order valence-corrected chi connectivity index (χ3v) is 3.58. The van der Waals surface area contributed by atoms with E-state index in [4.69, 9.17) is 10.7 Å². The second-order valence-electron chi connectivity index (χ2n) is 4.87. The second-order valence-corrected chi connectivity index (χ2v) is 4.87. The van der Waals surface area contributed by atoms with Crippen LogP contribution in [0, 0.1) is 0 Å². The van der Waals surface area contributed by atoms with Gasteiger partial charge in [-0.1, -0.05) is 48.5 Å². The number of fused-ring (bicyclic) bond motifs is 1. The van der Waals surface area contributed by atoms with Gasteiger partial charge in [0.2, 0.25) is 0 Å². The van der Waals surface area contributed by atoms with Crippen LogP contribution < -0.4 is 5.73 Å². The molecule has 0 atom stereocenters. The van der Waals surface area contributed by atoms with Gasteiger partial charge in [0.15, 0.2) is 0 Å². The van der Waals surface area contributed by atoms with Crippen molar-refractivity contribution < 1.29 is 0 Å². The van der Waals surface area contributed by atoms with Gasteiger partial charge in [-0.3, -0.25) is 4.99 Å². The molecule has 3 heteroatoms. The summed E-state index contributed by atoms with van der Waals surface area (Å²) in [4.78, 5) is 4.71. The lowest BCUT2D eigenvalue weighted by Crippen LogP contribution is -2.14. The number of halogens is 1. The van der Waals surface area contributed by atoms with Gasteiger partial charge < -0.3 is 5.73 Å². The molecule has 1 aliphatic heterocycles. The predicted molar refractivity (Wildman–Crippen MR) is 87.1 cm³/mol. The Labute approximate surface area is 126 Å². The summed E-state index contributed by atoms with van der Waals surface area (Å²) in [5, 5.41) is 0. The van der Waals surface area contributed by atoms with Crippen LogP contribution in [0.4, 0.5) is 0 Å². The van der Waals surface area contributed by atoms with Gasteiger partial charge in [-0.25, -0.2) is 0 Å². The van der Waals surface area contributed by atoms with Crippen molar-refractivity contribution in [2.45, 2.75) is 12.8 Å². The van der Waals surface area contributed by atoms with E-state index in [1.165, 1.54) is 22.3 Å². The van der Waals surface area contributed by atoms with Crippen molar-refractivity contribution >= 4 is 18.1 Å². The van der Waals surface area contributed by atoms with Crippen LogP contribution >= 0.6 is 12.4 Å². The minimum atomic E-state index is 0. The van der Waals surface area contributed by atoms with Crippen LogP contribution in [0.25, 0.3) is 0 Å². The summed E-state index contributed by atoms with van der Waals surface area (Å²) in [6, 6.07) is 17.2. The van der Waals surface area contributed by atoms with Crippen LogP contribution in [0.1, 0.15) is 22.3 Å². The van der Waals surface area contributed by atoms with Crippen molar-refractivity contribution in [3.8, 4) is 0 Å². The van der Waals surface area contributed by atoms with E-state index in [-0.39, 0.29) is 12.4 Å². The van der Waals surface area contributed by atoms with Gasteiger partial charge in [0.1, 0.15) is 0 Å². The maximum Gasteiger partial charge on any atom is 0.0721 e. The largest absolute Gasteiger partial charge is 0.330 e. The summed E-state index contributed by atoms with van der Waals surface area (Å²) < 4.78 is 0. The lowest BCUT2D eigenvalue weighted by Gasteiger charge is -2.17. The van der Waals surface area contributed by atoms with Gasteiger partial charge in [0.25, 0.3) is 0 Å². The summed E-state index contributed by atoms with van der Waals surface area (Å²) in [5.74, 6) is 0. The van der Waals surface area contributed by atoms with Crippen LogP contribution in [0.5, 0.6) is 0 Å². The van der Waals surface area contributed by atoms with E-state index in [9.17, 15) is 0 Å². The predicted octanol–water partition coefficient (Wildman–Crippen LogP) is 3.00. The van der Waals surface area contributed by atoms with E-state index < -0.39 is 0 Å². The normalized spacial score (nSPS) is 13.2. The molecule has 0 aromatic heterocycles. The molecule has 3 rings (SSSR count). The van der Waals surface area contributed by atoms with Crippen molar-refractivity contribution in [1.29, 1.82) is 0 Å². The Morgan fingerprint density at radius 3 is 2.50 bits per heavy atom. The molecule has 2 aromatic rings. The minimum Gasteiger partial charge on any atom is -0.330 e. The molecule has 0 radical (unpaired) electrons. The summed E-state index contributed by atoms with van der Waals surface area (Å²) >= 11 is 0. The van der Waals surface area contributed by atoms with Crippen LogP contribution in [0.15, 0.2) is 53.5 Å². The molecule has 1 aliphatic rings. The summed E-state index contributed by atoms with van der Waals surface area (Å²) in [5.41, 5.74) is 11.9. The molecule has 0 bridgehead atoms. The van der Waals surface area contributed by atoms with Crippen molar-refractivity contribution in [3.63, 3.8) is 0 Å². The summed E-state index contributed by atoms with van der Waals surface area (Å²) in [7, 11) is 0. The molecule has 0 saturated heterocycles. The molecule has 1 heterocycles. The number of aliphatic imine (C=N–C) groups is 1. The zero-order chi connectivity index (χ0) is 13.1. The average molecular weight is 287 g/mol. The Balaban J connectivity index is 0.00000147. The van der Waals surface area contributed by atoms with Gasteiger partial charge in [0.05, 0.1) is 5.71 Å². The van der Waals surface area contributed by atoms with Gasteiger partial charge in [0, 0.05) is 17.7 Å². The Morgan fingerprint density at radius 2 is 1.75 bits per heavy atom. The minimum absolute atomic E-state index is 0. The smallest absolute Gasteiger partial charge is 0.0721 e. The highest BCUT2D eigenvalue weighted by molar-refractivity contribution is 6.14. The van der Waals surface area contributed by atoms with E-state index in [2.05, 4.69) is 48.5 Å². The van der Waals surface area contributed by atoms with Gasteiger partial charge in [-0.2, -0.15) is 0 Å². The average Bonchev–Trinajstić information content (AvgIpc) is 2.48. The molecule has 0 aliphatic carbocycles. The molecule has 0 spiro atoms. The highest BCUT2D eigenvalue weighted by Gasteiger charge is 2.14. The number of nitrogens with zero attached hydrogens (tertiary/aromatic N) is 1. The lowest BCUT2D eigenvalue weighted by atomic mass is 9.93. The van der Waals surface area contributed by atoms with Crippen molar-refractivity contribution in [2.75, 3.05) is 13.1 Å².